The van der Waals surface area contributed by atoms with E-state index in [0.29, 0.717) is 18.2 Å². The molecule has 2 fully saturated rings. The van der Waals surface area contributed by atoms with Crippen LogP contribution in [0.25, 0.3) is 0 Å². The second-order valence-electron chi connectivity index (χ2n) is 5.72. The standard InChI is InChI=1S/C15H19NO/c1-2-4-13-10(3-1)7-11(13)9-16-14-8-12-5-6-15(14)17-12/h1-4,11-12,14-16H,5-9H2. The normalized spacial score (nSPS) is 37.9. The first-order valence-electron chi connectivity index (χ1n) is 6.87. The Kier molecular flexibility index (Phi) is 2.27. The van der Waals surface area contributed by atoms with Gasteiger partial charge >= 0.3 is 0 Å². The average molecular weight is 229 g/mol. The van der Waals surface area contributed by atoms with Crippen LogP contribution in [-0.2, 0) is 11.2 Å². The molecule has 0 spiro atoms. The molecule has 0 radical (unpaired) electrons. The number of ether oxygens (including phenoxy) is 1. The van der Waals surface area contributed by atoms with Crippen LogP contribution in [0.3, 0.4) is 0 Å². The van der Waals surface area contributed by atoms with E-state index >= 15 is 0 Å². The Bertz CT molecular complexity index is 431. The maximum atomic E-state index is 5.88. The van der Waals surface area contributed by atoms with E-state index in [1.807, 2.05) is 0 Å². The van der Waals surface area contributed by atoms with Gasteiger partial charge < -0.3 is 10.1 Å². The summed E-state index contributed by atoms with van der Waals surface area (Å²) in [5.41, 5.74) is 3.10. The maximum absolute atomic E-state index is 5.88. The fourth-order valence-corrected chi connectivity index (χ4v) is 3.69. The van der Waals surface area contributed by atoms with Crippen LogP contribution < -0.4 is 5.32 Å². The number of benzene rings is 1. The summed E-state index contributed by atoms with van der Waals surface area (Å²) in [6.07, 6.45) is 6.12. The largest absolute Gasteiger partial charge is 0.373 e. The minimum Gasteiger partial charge on any atom is -0.373 e. The number of hydrogen-bond donors (Lipinski definition) is 1. The van der Waals surface area contributed by atoms with Crippen molar-refractivity contribution in [3.05, 3.63) is 35.4 Å². The molecule has 2 heterocycles. The topological polar surface area (TPSA) is 21.3 Å². The van der Waals surface area contributed by atoms with Gasteiger partial charge in [0.2, 0.25) is 0 Å². The Morgan fingerprint density at radius 1 is 1.24 bits per heavy atom. The van der Waals surface area contributed by atoms with Gasteiger partial charge in [-0.2, -0.15) is 0 Å². The summed E-state index contributed by atoms with van der Waals surface area (Å²) in [5, 5.41) is 3.73. The molecular formula is C15H19NO. The summed E-state index contributed by atoms with van der Waals surface area (Å²) >= 11 is 0. The third-order valence-electron chi connectivity index (χ3n) is 4.69. The van der Waals surface area contributed by atoms with Crippen LogP contribution >= 0.6 is 0 Å². The van der Waals surface area contributed by atoms with Crippen molar-refractivity contribution < 1.29 is 4.74 Å². The number of rotatable bonds is 3. The number of nitrogens with one attached hydrogen (secondary N) is 1. The lowest BCUT2D eigenvalue weighted by Crippen LogP contribution is -2.41. The van der Waals surface area contributed by atoms with Crippen molar-refractivity contribution in [1.82, 2.24) is 5.32 Å². The second kappa shape index (κ2) is 3.82. The quantitative estimate of drug-likeness (QED) is 0.858. The number of fused-ring (bicyclic) bond motifs is 3. The van der Waals surface area contributed by atoms with Gasteiger partial charge in [0.25, 0.3) is 0 Å². The van der Waals surface area contributed by atoms with Gasteiger partial charge in [0.05, 0.1) is 12.2 Å². The lowest BCUT2D eigenvalue weighted by molar-refractivity contribution is 0.0972. The Hall–Kier alpha value is -0.860. The summed E-state index contributed by atoms with van der Waals surface area (Å²) in [6, 6.07) is 9.47. The van der Waals surface area contributed by atoms with Crippen molar-refractivity contribution in [1.29, 1.82) is 0 Å². The van der Waals surface area contributed by atoms with Crippen molar-refractivity contribution in [3.8, 4) is 0 Å². The molecule has 17 heavy (non-hydrogen) atoms. The molecule has 2 bridgehead atoms. The van der Waals surface area contributed by atoms with E-state index in [1.54, 1.807) is 11.1 Å². The Morgan fingerprint density at radius 2 is 2.18 bits per heavy atom. The minimum absolute atomic E-state index is 0.510. The zero-order valence-electron chi connectivity index (χ0n) is 10.1. The van der Waals surface area contributed by atoms with Crippen molar-refractivity contribution in [2.45, 2.75) is 49.9 Å². The summed E-state index contributed by atoms with van der Waals surface area (Å²) in [7, 11) is 0. The van der Waals surface area contributed by atoms with Gasteiger partial charge in [0, 0.05) is 18.5 Å². The summed E-state index contributed by atoms with van der Waals surface area (Å²) in [5.74, 6) is 0.741. The highest BCUT2D eigenvalue weighted by Gasteiger charge is 2.40. The fourth-order valence-electron chi connectivity index (χ4n) is 3.69. The lowest BCUT2D eigenvalue weighted by Gasteiger charge is -2.32. The van der Waals surface area contributed by atoms with Crippen LogP contribution in [0.4, 0.5) is 0 Å². The highest BCUT2D eigenvalue weighted by molar-refractivity contribution is 5.40. The summed E-state index contributed by atoms with van der Waals surface area (Å²) in [6.45, 7) is 1.13. The summed E-state index contributed by atoms with van der Waals surface area (Å²) in [4.78, 5) is 0. The van der Waals surface area contributed by atoms with Gasteiger partial charge in [-0.05, 0) is 36.8 Å². The van der Waals surface area contributed by atoms with E-state index in [0.717, 1.165) is 12.5 Å². The maximum Gasteiger partial charge on any atom is 0.0733 e. The van der Waals surface area contributed by atoms with E-state index in [9.17, 15) is 0 Å². The molecule has 1 aromatic rings. The molecule has 1 aromatic carbocycles. The lowest BCUT2D eigenvalue weighted by atomic mass is 9.77. The van der Waals surface area contributed by atoms with Crippen molar-refractivity contribution in [2.75, 3.05) is 6.54 Å². The molecule has 2 aliphatic heterocycles. The van der Waals surface area contributed by atoms with Crippen LogP contribution in [0.1, 0.15) is 36.3 Å². The van der Waals surface area contributed by atoms with E-state index in [1.165, 1.54) is 25.7 Å². The van der Waals surface area contributed by atoms with Crippen LogP contribution in [-0.4, -0.2) is 24.8 Å². The van der Waals surface area contributed by atoms with Gasteiger partial charge in [0.1, 0.15) is 0 Å². The second-order valence-corrected chi connectivity index (χ2v) is 5.72. The van der Waals surface area contributed by atoms with E-state index < -0.39 is 0 Å². The molecule has 4 rings (SSSR count). The SMILES string of the molecule is c1ccc2c(c1)CC2CNC1CC2CCC1O2. The van der Waals surface area contributed by atoms with Crippen LogP contribution in [0.15, 0.2) is 24.3 Å². The zero-order valence-corrected chi connectivity index (χ0v) is 10.1. The minimum atomic E-state index is 0.510. The summed E-state index contributed by atoms with van der Waals surface area (Å²) < 4.78 is 5.88. The predicted molar refractivity (Wildman–Crippen MR) is 67.2 cm³/mol. The van der Waals surface area contributed by atoms with Crippen molar-refractivity contribution >= 4 is 0 Å². The molecule has 0 amide bonds. The average Bonchev–Trinajstić information content (AvgIpc) is 2.92. The third-order valence-corrected chi connectivity index (χ3v) is 4.69. The van der Waals surface area contributed by atoms with Crippen LogP contribution in [0.5, 0.6) is 0 Å². The highest BCUT2D eigenvalue weighted by atomic mass is 16.5. The molecule has 0 saturated carbocycles. The molecule has 4 unspecified atom stereocenters. The van der Waals surface area contributed by atoms with Gasteiger partial charge in [0.15, 0.2) is 0 Å². The van der Waals surface area contributed by atoms with Gasteiger partial charge in [-0.1, -0.05) is 24.3 Å². The van der Waals surface area contributed by atoms with E-state index in [2.05, 4.69) is 29.6 Å². The number of hydrogen-bond acceptors (Lipinski definition) is 2. The molecule has 2 nitrogen and oxygen atoms in total. The third kappa shape index (κ3) is 1.62. The Balaban J connectivity index is 1.35. The highest BCUT2D eigenvalue weighted by Crippen LogP contribution is 2.37. The molecule has 90 valence electrons. The zero-order chi connectivity index (χ0) is 11.2. The van der Waals surface area contributed by atoms with Crippen LogP contribution in [0, 0.1) is 0 Å². The monoisotopic (exact) mass is 229 g/mol. The van der Waals surface area contributed by atoms with Gasteiger partial charge in [-0.3, -0.25) is 0 Å². The molecule has 4 atom stereocenters. The molecule has 3 aliphatic rings. The van der Waals surface area contributed by atoms with Crippen LogP contribution in [0.2, 0.25) is 0 Å². The molecule has 0 aromatic heterocycles. The first-order chi connectivity index (χ1) is 8.40. The Labute approximate surface area is 102 Å². The fraction of sp³-hybridized carbons (Fsp3) is 0.600. The smallest absolute Gasteiger partial charge is 0.0733 e. The first kappa shape index (κ1) is 10.1. The molecular weight excluding hydrogens is 210 g/mol. The van der Waals surface area contributed by atoms with Gasteiger partial charge in [-0.15, -0.1) is 0 Å². The molecule has 1 N–H and O–H groups in total. The van der Waals surface area contributed by atoms with Crippen molar-refractivity contribution in [2.24, 2.45) is 0 Å². The molecule has 1 aliphatic carbocycles. The van der Waals surface area contributed by atoms with Gasteiger partial charge in [-0.25, -0.2) is 0 Å². The Morgan fingerprint density at radius 3 is 2.94 bits per heavy atom. The molecule has 2 heteroatoms. The van der Waals surface area contributed by atoms with E-state index in [4.69, 9.17) is 4.74 Å². The predicted octanol–water partition coefficient (Wildman–Crippen LogP) is 2.24. The van der Waals surface area contributed by atoms with Crippen molar-refractivity contribution in [3.63, 3.8) is 0 Å². The van der Waals surface area contributed by atoms with E-state index in [-0.39, 0.29) is 0 Å². The first-order valence-corrected chi connectivity index (χ1v) is 6.87. The molecule has 2 saturated heterocycles.